The number of benzene rings is 3. The van der Waals surface area contributed by atoms with Crippen molar-refractivity contribution in [3.05, 3.63) is 71.3 Å². The van der Waals surface area contributed by atoms with E-state index < -0.39 is 36.2 Å². The molecular formula is C33H27F5N4O3. The number of aromatic hydroxyl groups is 1. The average Bonchev–Trinajstić information content (AvgIpc) is 3.65. The third kappa shape index (κ3) is 4.24. The van der Waals surface area contributed by atoms with Gasteiger partial charge in [-0.3, -0.25) is 4.90 Å². The second-order valence-corrected chi connectivity index (χ2v) is 12.1. The zero-order valence-corrected chi connectivity index (χ0v) is 23.7. The van der Waals surface area contributed by atoms with Gasteiger partial charge in [-0.1, -0.05) is 12.0 Å². The standard InChI is InChI=1S/C33H27F5N4O3/c1-2-20-23(35)5-4-17-12-19(43)13-22(26(17)20)21-8-11-42-28(21)30(36)45-29-25(7-6-24-27(29)31(42)40-33(37,38)39-24)44-16-32-9-3-10-41(32)15-18(34)14-32/h1,4-8,11-13,18,30-31,39-40,43H,3,9-10,14-16H2/t18-,30-,31?,32+/m1/s1. The van der Waals surface area contributed by atoms with Gasteiger partial charge in [0.15, 0.2) is 11.5 Å². The Morgan fingerprint density at radius 3 is 2.80 bits per heavy atom. The van der Waals surface area contributed by atoms with Crippen LogP contribution in [0.2, 0.25) is 0 Å². The van der Waals surface area contributed by atoms with Crippen molar-refractivity contribution in [2.24, 2.45) is 0 Å². The molecule has 4 aliphatic heterocycles. The Morgan fingerprint density at radius 2 is 1.98 bits per heavy atom. The van der Waals surface area contributed by atoms with Crippen LogP contribution in [-0.2, 0) is 0 Å². The number of fused-ring (bicyclic) bond motifs is 4. The predicted molar refractivity (Wildman–Crippen MR) is 156 cm³/mol. The van der Waals surface area contributed by atoms with Gasteiger partial charge in [0.25, 0.3) is 6.36 Å². The summed E-state index contributed by atoms with van der Waals surface area (Å²) >= 11 is 0. The van der Waals surface area contributed by atoms with Gasteiger partial charge >= 0.3 is 6.17 Å². The van der Waals surface area contributed by atoms with Crippen molar-refractivity contribution in [1.82, 2.24) is 14.8 Å². The Kier molecular flexibility index (Phi) is 6.08. The molecule has 0 spiro atoms. The third-order valence-corrected chi connectivity index (χ3v) is 9.46. The molecular weight excluding hydrogens is 595 g/mol. The van der Waals surface area contributed by atoms with E-state index in [4.69, 9.17) is 15.9 Å². The summed E-state index contributed by atoms with van der Waals surface area (Å²) < 4.78 is 89.3. The van der Waals surface area contributed by atoms with E-state index in [1.165, 1.54) is 53.2 Å². The van der Waals surface area contributed by atoms with E-state index in [0.29, 0.717) is 18.4 Å². The van der Waals surface area contributed by atoms with Crippen molar-refractivity contribution in [1.29, 1.82) is 0 Å². The molecule has 1 unspecified atom stereocenters. The highest BCUT2D eigenvalue weighted by Crippen LogP contribution is 2.52. The van der Waals surface area contributed by atoms with E-state index in [-0.39, 0.29) is 62.9 Å². The fraction of sp³-hybridized carbons (Fsp3) is 0.333. The number of ether oxygens (including phenoxy) is 2. The first kappa shape index (κ1) is 28.0. The number of rotatable bonds is 4. The highest BCUT2D eigenvalue weighted by molar-refractivity contribution is 6.02. The lowest BCUT2D eigenvalue weighted by Crippen LogP contribution is -2.51. The Morgan fingerprint density at radius 1 is 1.13 bits per heavy atom. The van der Waals surface area contributed by atoms with Gasteiger partial charge in [-0.2, -0.15) is 13.2 Å². The molecule has 2 saturated heterocycles. The zero-order valence-electron chi connectivity index (χ0n) is 23.7. The van der Waals surface area contributed by atoms with Crippen LogP contribution in [0.3, 0.4) is 0 Å². The highest BCUT2D eigenvalue weighted by atomic mass is 19.3. The smallest absolute Gasteiger partial charge is 0.388 e. The van der Waals surface area contributed by atoms with Gasteiger partial charge in [-0.25, -0.2) is 14.1 Å². The van der Waals surface area contributed by atoms with E-state index in [0.717, 1.165) is 19.4 Å². The normalized spacial score (nSPS) is 26.3. The topological polar surface area (TPSA) is 70.9 Å². The van der Waals surface area contributed by atoms with E-state index >= 15 is 13.2 Å². The van der Waals surface area contributed by atoms with Crippen molar-refractivity contribution < 1.29 is 36.5 Å². The number of nitrogens with one attached hydrogen (secondary N) is 2. The fourth-order valence-electron chi connectivity index (χ4n) is 7.60. The molecule has 2 fully saturated rings. The van der Waals surface area contributed by atoms with Crippen LogP contribution in [0.15, 0.2) is 48.7 Å². The zero-order chi connectivity index (χ0) is 31.2. The lowest BCUT2D eigenvalue weighted by molar-refractivity contribution is -0.0257. The van der Waals surface area contributed by atoms with Crippen LogP contribution in [-0.4, -0.2) is 52.2 Å². The molecule has 0 radical (unpaired) electrons. The van der Waals surface area contributed by atoms with Gasteiger partial charge in [0, 0.05) is 30.1 Å². The summed E-state index contributed by atoms with van der Waals surface area (Å²) in [5.74, 6) is 1.51. The number of halogens is 5. The number of nitrogens with zero attached hydrogens (tertiary/aromatic N) is 2. The maximum atomic E-state index is 16.5. The number of phenols is 1. The molecule has 0 amide bonds. The minimum absolute atomic E-state index is 0.00578. The number of hydrogen-bond donors (Lipinski definition) is 3. The summed E-state index contributed by atoms with van der Waals surface area (Å²) in [7, 11) is 0. The Bertz CT molecular complexity index is 1920. The van der Waals surface area contributed by atoms with Gasteiger partial charge in [0.2, 0.25) is 0 Å². The van der Waals surface area contributed by atoms with Gasteiger partial charge in [-0.15, -0.1) is 6.42 Å². The molecule has 4 aliphatic rings. The van der Waals surface area contributed by atoms with Crippen LogP contribution in [0.5, 0.6) is 17.2 Å². The SMILES string of the molecule is C#Cc1c(F)ccc2cc(O)cc(-c3ccn4c3[C@H](F)Oc3c(OC[C@@]56CCCN5C[C@H](F)C6)ccc5c3C4NC(F)(F)N5)c12. The van der Waals surface area contributed by atoms with Crippen LogP contribution in [0.4, 0.5) is 27.6 Å². The van der Waals surface area contributed by atoms with E-state index in [9.17, 15) is 13.9 Å². The first-order chi connectivity index (χ1) is 21.6. The first-order valence-corrected chi connectivity index (χ1v) is 14.6. The van der Waals surface area contributed by atoms with Crippen molar-refractivity contribution >= 4 is 16.5 Å². The number of aromatic nitrogens is 1. The largest absolute Gasteiger partial charge is 0.508 e. The van der Waals surface area contributed by atoms with E-state index in [1.807, 2.05) is 0 Å². The van der Waals surface area contributed by atoms with E-state index in [2.05, 4.69) is 21.5 Å². The van der Waals surface area contributed by atoms with Gasteiger partial charge in [0.05, 0.1) is 22.4 Å². The summed E-state index contributed by atoms with van der Waals surface area (Å²) in [5.41, 5.74) is -0.213. The number of phenolic OH excluding ortho intramolecular Hbond substituents is 1. The average molecular weight is 623 g/mol. The summed E-state index contributed by atoms with van der Waals surface area (Å²) in [6, 6.07) is 9.68. The monoisotopic (exact) mass is 622 g/mol. The van der Waals surface area contributed by atoms with Crippen LogP contribution in [0.1, 0.15) is 48.6 Å². The quantitative estimate of drug-likeness (QED) is 0.136. The van der Waals surface area contributed by atoms with Crippen LogP contribution >= 0.6 is 0 Å². The molecule has 8 rings (SSSR count). The van der Waals surface area contributed by atoms with Crippen LogP contribution in [0.25, 0.3) is 21.9 Å². The third-order valence-electron chi connectivity index (χ3n) is 9.46. The highest BCUT2D eigenvalue weighted by Gasteiger charge is 2.50. The Balaban J connectivity index is 1.27. The summed E-state index contributed by atoms with van der Waals surface area (Å²) in [5, 5.41) is 15.6. The summed E-state index contributed by atoms with van der Waals surface area (Å²) in [6.45, 7) is 1.19. The molecule has 0 bridgehead atoms. The molecule has 3 aromatic carbocycles. The number of terminal acetylenes is 1. The van der Waals surface area contributed by atoms with Crippen LogP contribution < -0.4 is 20.1 Å². The lowest BCUT2D eigenvalue weighted by atomic mass is 9.94. The molecule has 3 N–H and O–H groups in total. The molecule has 5 heterocycles. The van der Waals surface area contributed by atoms with Crippen LogP contribution in [0, 0.1) is 18.2 Å². The second-order valence-electron chi connectivity index (χ2n) is 12.1. The lowest BCUT2D eigenvalue weighted by Gasteiger charge is -2.35. The van der Waals surface area contributed by atoms with Crippen molar-refractivity contribution in [3.8, 4) is 40.7 Å². The first-order valence-electron chi connectivity index (χ1n) is 14.6. The molecule has 12 heteroatoms. The number of alkyl halides is 4. The number of hydrogen-bond acceptors (Lipinski definition) is 6. The molecule has 232 valence electrons. The fourth-order valence-corrected chi connectivity index (χ4v) is 7.60. The second kappa shape index (κ2) is 9.76. The Hall–Kier alpha value is -4.47. The predicted octanol–water partition coefficient (Wildman–Crippen LogP) is 6.56. The minimum atomic E-state index is -3.59. The molecule has 4 aromatic rings. The molecule has 0 saturated carbocycles. The minimum Gasteiger partial charge on any atom is -0.508 e. The molecule has 0 aliphatic carbocycles. The van der Waals surface area contributed by atoms with Gasteiger partial charge in [-0.05, 0) is 66.7 Å². The molecule has 1 aromatic heterocycles. The van der Waals surface area contributed by atoms with Gasteiger partial charge in [0.1, 0.15) is 36.2 Å². The van der Waals surface area contributed by atoms with Crippen molar-refractivity contribution in [3.63, 3.8) is 0 Å². The maximum absolute atomic E-state index is 16.5. The van der Waals surface area contributed by atoms with Gasteiger partial charge < -0.3 is 24.5 Å². The molecule has 7 nitrogen and oxygen atoms in total. The maximum Gasteiger partial charge on any atom is 0.388 e. The van der Waals surface area contributed by atoms with Crippen molar-refractivity contribution in [2.75, 3.05) is 25.0 Å². The van der Waals surface area contributed by atoms with E-state index in [1.54, 1.807) is 0 Å². The Labute approximate surface area is 254 Å². The molecule has 45 heavy (non-hydrogen) atoms. The molecule has 4 atom stereocenters. The van der Waals surface area contributed by atoms with Crippen molar-refractivity contribution in [2.45, 2.75) is 49.7 Å². The number of anilines is 1. The summed E-state index contributed by atoms with van der Waals surface area (Å²) in [6.07, 6.45) is 0.923. The summed E-state index contributed by atoms with van der Waals surface area (Å²) in [4.78, 5) is 2.07.